The van der Waals surface area contributed by atoms with E-state index in [0.29, 0.717) is 13.2 Å². The highest BCUT2D eigenvalue weighted by atomic mass is 19.1. The van der Waals surface area contributed by atoms with E-state index in [-0.39, 0.29) is 5.82 Å². The second kappa shape index (κ2) is 8.17. The summed E-state index contributed by atoms with van der Waals surface area (Å²) in [6, 6.07) is 6.59. The van der Waals surface area contributed by atoms with Crippen molar-refractivity contribution >= 4 is 0 Å². The summed E-state index contributed by atoms with van der Waals surface area (Å²) in [5, 5.41) is 0. The molecule has 96 valence electrons. The Morgan fingerprint density at radius 2 is 1.53 bits per heavy atom. The van der Waals surface area contributed by atoms with Crippen molar-refractivity contribution in [2.24, 2.45) is 0 Å². The lowest BCUT2D eigenvalue weighted by atomic mass is 10.2. The molecule has 0 saturated carbocycles. The van der Waals surface area contributed by atoms with Gasteiger partial charge in [0.2, 0.25) is 0 Å². The van der Waals surface area contributed by atoms with E-state index in [0.717, 1.165) is 25.2 Å². The summed E-state index contributed by atoms with van der Waals surface area (Å²) in [6.45, 7) is 3.84. The molecule has 0 unspecified atom stereocenters. The van der Waals surface area contributed by atoms with Crippen LogP contribution >= 0.6 is 0 Å². The molecule has 0 saturated heterocycles. The smallest absolute Gasteiger partial charge is 0.123 e. The number of methoxy groups -OCH3 is 2. The predicted octanol–water partition coefficient (Wildman–Crippen LogP) is 1.92. The molecular formula is C13H20FNO2. The summed E-state index contributed by atoms with van der Waals surface area (Å²) in [5.74, 6) is -0.200. The Balaban J connectivity index is 2.48. The average Bonchev–Trinajstić information content (AvgIpc) is 2.35. The molecule has 1 aromatic rings. The van der Waals surface area contributed by atoms with Crippen LogP contribution in [0.4, 0.5) is 4.39 Å². The number of hydrogen-bond donors (Lipinski definition) is 0. The average molecular weight is 241 g/mol. The number of ether oxygens (including phenoxy) is 2. The molecule has 0 heterocycles. The molecule has 0 N–H and O–H groups in total. The molecule has 0 aromatic heterocycles. The molecule has 0 aliphatic rings. The minimum Gasteiger partial charge on any atom is -0.383 e. The van der Waals surface area contributed by atoms with Gasteiger partial charge in [-0.2, -0.15) is 0 Å². The lowest BCUT2D eigenvalue weighted by Gasteiger charge is -2.21. The number of hydrogen-bond acceptors (Lipinski definition) is 3. The Bertz CT molecular complexity index is 295. The van der Waals surface area contributed by atoms with Crippen molar-refractivity contribution in [2.75, 3.05) is 40.5 Å². The third-order valence-electron chi connectivity index (χ3n) is 2.54. The van der Waals surface area contributed by atoms with Crippen LogP contribution in [0.1, 0.15) is 5.56 Å². The van der Waals surface area contributed by atoms with Gasteiger partial charge in [-0.1, -0.05) is 12.1 Å². The van der Waals surface area contributed by atoms with Crippen molar-refractivity contribution in [1.82, 2.24) is 4.90 Å². The van der Waals surface area contributed by atoms with Crippen LogP contribution in [0.5, 0.6) is 0 Å². The zero-order valence-corrected chi connectivity index (χ0v) is 10.5. The first-order chi connectivity index (χ1) is 8.26. The lowest BCUT2D eigenvalue weighted by Crippen LogP contribution is -2.30. The minimum absolute atomic E-state index is 0.200. The maximum atomic E-state index is 12.8. The van der Waals surface area contributed by atoms with Gasteiger partial charge >= 0.3 is 0 Å². The molecule has 0 radical (unpaired) electrons. The van der Waals surface area contributed by atoms with Crippen molar-refractivity contribution in [1.29, 1.82) is 0 Å². The van der Waals surface area contributed by atoms with Crippen LogP contribution in [0.3, 0.4) is 0 Å². The predicted molar refractivity (Wildman–Crippen MR) is 65.4 cm³/mol. The van der Waals surface area contributed by atoms with E-state index in [1.165, 1.54) is 12.1 Å². The van der Waals surface area contributed by atoms with E-state index in [4.69, 9.17) is 9.47 Å². The van der Waals surface area contributed by atoms with Gasteiger partial charge in [0, 0.05) is 33.9 Å². The fraction of sp³-hybridized carbons (Fsp3) is 0.538. The molecule has 3 nitrogen and oxygen atoms in total. The van der Waals surface area contributed by atoms with Gasteiger partial charge in [0.1, 0.15) is 5.82 Å². The van der Waals surface area contributed by atoms with Crippen molar-refractivity contribution < 1.29 is 13.9 Å². The van der Waals surface area contributed by atoms with Crippen LogP contribution in [0, 0.1) is 5.82 Å². The molecule has 0 aliphatic heterocycles. The Morgan fingerprint density at radius 3 is 2.00 bits per heavy atom. The summed E-state index contributed by atoms with van der Waals surface area (Å²) >= 11 is 0. The molecule has 1 rings (SSSR count). The molecule has 0 spiro atoms. The highest BCUT2D eigenvalue weighted by Crippen LogP contribution is 2.06. The molecule has 17 heavy (non-hydrogen) atoms. The molecule has 0 atom stereocenters. The van der Waals surface area contributed by atoms with Gasteiger partial charge in [-0.25, -0.2) is 4.39 Å². The number of nitrogens with zero attached hydrogens (tertiary/aromatic N) is 1. The number of halogens is 1. The van der Waals surface area contributed by atoms with Gasteiger partial charge in [0.15, 0.2) is 0 Å². The maximum absolute atomic E-state index is 12.8. The summed E-state index contributed by atoms with van der Waals surface area (Å²) in [6.07, 6.45) is 0. The second-order valence-electron chi connectivity index (χ2n) is 3.89. The molecule has 0 aliphatic carbocycles. The fourth-order valence-electron chi connectivity index (χ4n) is 1.56. The van der Waals surface area contributed by atoms with E-state index in [1.807, 2.05) is 12.1 Å². The monoisotopic (exact) mass is 241 g/mol. The SMILES string of the molecule is COCCN(CCOC)Cc1ccc(F)cc1. The second-order valence-corrected chi connectivity index (χ2v) is 3.89. The Morgan fingerprint density at radius 1 is 1.00 bits per heavy atom. The van der Waals surface area contributed by atoms with Crippen molar-refractivity contribution in [3.05, 3.63) is 35.6 Å². The highest BCUT2D eigenvalue weighted by Gasteiger charge is 2.05. The highest BCUT2D eigenvalue weighted by molar-refractivity contribution is 5.15. The minimum atomic E-state index is -0.200. The van der Waals surface area contributed by atoms with Gasteiger partial charge in [-0.05, 0) is 17.7 Å². The van der Waals surface area contributed by atoms with Gasteiger partial charge in [0.25, 0.3) is 0 Å². The van der Waals surface area contributed by atoms with Gasteiger partial charge < -0.3 is 9.47 Å². The Hall–Kier alpha value is -0.970. The van der Waals surface area contributed by atoms with Crippen LogP contribution < -0.4 is 0 Å². The van der Waals surface area contributed by atoms with Gasteiger partial charge in [-0.3, -0.25) is 4.90 Å². The number of rotatable bonds is 8. The fourth-order valence-corrected chi connectivity index (χ4v) is 1.56. The number of benzene rings is 1. The zero-order chi connectivity index (χ0) is 12.5. The van der Waals surface area contributed by atoms with Crippen LogP contribution in [0.15, 0.2) is 24.3 Å². The third-order valence-corrected chi connectivity index (χ3v) is 2.54. The van der Waals surface area contributed by atoms with Gasteiger partial charge in [0.05, 0.1) is 13.2 Å². The normalized spacial score (nSPS) is 11.1. The molecule has 4 heteroatoms. The maximum Gasteiger partial charge on any atom is 0.123 e. The Labute approximate surface area is 102 Å². The molecule has 1 aromatic carbocycles. The lowest BCUT2D eigenvalue weighted by molar-refractivity contribution is 0.110. The third kappa shape index (κ3) is 5.77. The van der Waals surface area contributed by atoms with Crippen molar-refractivity contribution in [2.45, 2.75) is 6.54 Å². The molecule has 0 bridgehead atoms. The van der Waals surface area contributed by atoms with E-state index in [1.54, 1.807) is 14.2 Å². The van der Waals surface area contributed by atoms with Crippen LogP contribution in [0.2, 0.25) is 0 Å². The standard InChI is InChI=1S/C13H20FNO2/c1-16-9-7-15(8-10-17-2)11-12-3-5-13(14)6-4-12/h3-6H,7-11H2,1-2H3. The quantitative estimate of drug-likeness (QED) is 0.694. The molecule has 0 fully saturated rings. The molecular weight excluding hydrogens is 221 g/mol. The van der Waals surface area contributed by atoms with Gasteiger partial charge in [-0.15, -0.1) is 0 Å². The topological polar surface area (TPSA) is 21.7 Å². The largest absolute Gasteiger partial charge is 0.383 e. The van der Waals surface area contributed by atoms with Crippen LogP contribution in [-0.4, -0.2) is 45.4 Å². The first-order valence-corrected chi connectivity index (χ1v) is 5.71. The zero-order valence-electron chi connectivity index (χ0n) is 10.5. The van der Waals surface area contributed by atoms with E-state index < -0.39 is 0 Å². The van der Waals surface area contributed by atoms with Crippen LogP contribution in [0.25, 0.3) is 0 Å². The first-order valence-electron chi connectivity index (χ1n) is 5.71. The van der Waals surface area contributed by atoms with E-state index in [2.05, 4.69) is 4.90 Å². The van der Waals surface area contributed by atoms with Crippen molar-refractivity contribution in [3.8, 4) is 0 Å². The van der Waals surface area contributed by atoms with E-state index >= 15 is 0 Å². The summed E-state index contributed by atoms with van der Waals surface area (Å²) in [7, 11) is 3.37. The Kier molecular flexibility index (Phi) is 6.77. The van der Waals surface area contributed by atoms with E-state index in [9.17, 15) is 4.39 Å². The molecule has 0 amide bonds. The summed E-state index contributed by atoms with van der Waals surface area (Å²) in [5.41, 5.74) is 1.10. The van der Waals surface area contributed by atoms with Crippen LogP contribution in [-0.2, 0) is 16.0 Å². The summed E-state index contributed by atoms with van der Waals surface area (Å²) < 4.78 is 22.9. The summed E-state index contributed by atoms with van der Waals surface area (Å²) in [4.78, 5) is 2.22. The first kappa shape index (κ1) is 14.1. The van der Waals surface area contributed by atoms with Crippen molar-refractivity contribution in [3.63, 3.8) is 0 Å².